The monoisotopic (exact) mass is 366 g/mol. The molecule has 0 atom stereocenters. The molecule has 1 aliphatic rings. The van der Waals surface area contributed by atoms with E-state index in [0.29, 0.717) is 31.2 Å². The third kappa shape index (κ3) is 5.50. The Balaban J connectivity index is 1.88. The molecule has 0 radical (unpaired) electrons. The first-order valence-electron chi connectivity index (χ1n) is 8.63. The average Bonchev–Trinajstić information content (AvgIpc) is 2.58. The highest BCUT2D eigenvalue weighted by Crippen LogP contribution is 2.32. The van der Waals surface area contributed by atoms with Gasteiger partial charge in [-0.25, -0.2) is 4.79 Å². The molecule has 2 rings (SSSR count). The Morgan fingerprint density at radius 3 is 2.46 bits per heavy atom. The normalized spacial score (nSPS) is 15.5. The summed E-state index contributed by atoms with van der Waals surface area (Å²) in [4.78, 5) is 24.2. The van der Waals surface area contributed by atoms with Crippen molar-refractivity contribution in [1.29, 1.82) is 0 Å². The van der Waals surface area contributed by atoms with E-state index >= 15 is 0 Å². The molecule has 1 aliphatic heterocycles. The predicted octanol–water partition coefficient (Wildman–Crippen LogP) is 3.63. The highest BCUT2D eigenvalue weighted by atomic mass is 16.6. The minimum absolute atomic E-state index is 0.0412. The van der Waals surface area contributed by atoms with E-state index < -0.39 is 10.5 Å². The van der Waals surface area contributed by atoms with Crippen molar-refractivity contribution < 1.29 is 23.9 Å². The zero-order valence-corrected chi connectivity index (χ0v) is 15.7. The largest absolute Gasteiger partial charge is 0.493 e. The first-order valence-corrected chi connectivity index (χ1v) is 8.63. The van der Waals surface area contributed by atoms with Crippen LogP contribution in [-0.2, 0) is 4.74 Å². The molecule has 26 heavy (non-hydrogen) atoms. The molecule has 144 valence electrons. The SMILES string of the molecule is COc1ccc([N+](=O)[O-])cc1OCC1CCN(C(=O)OC(C)(C)C)CC1. The molecule has 1 amide bonds. The van der Waals surface area contributed by atoms with Crippen molar-refractivity contribution >= 4 is 11.8 Å². The number of ether oxygens (including phenoxy) is 3. The van der Waals surface area contributed by atoms with Gasteiger partial charge in [-0.15, -0.1) is 0 Å². The van der Waals surface area contributed by atoms with Crippen molar-refractivity contribution in [2.75, 3.05) is 26.8 Å². The van der Waals surface area contributed by atoms with E-state index in [1.165, 1.54) is 25.3 Å². The molecule has 1 fully saturated rings. The third-order valence-corrected chi connectivity index (χ3v) is 4.10. The maximum atomic E-state index is 12.1. The zero-order valence-electron chi connectivity index (χ0n) is 15.7. The number of non-ortho nitro benzene ring substituents is 1. The number of hydrogen-bond donors (Lipinski definition) is 0. The summed E-state index contributed by atoms with van der Waals surface area (Å²) in [5, 5.41) is 10.9. The van der Waals surface area contributed by atoms with E-state index in [0.717, 1.165) is 12.8 Å². The minimum Gasteiger partial charge on any atom is -0.493 e. The highest BCUT2D eigenvalue weighted by Gasteiger charge is 2.27. The Hall–Kier alpha value is -2.51. The van der Waals surface area contributed by atoms with Gasteiger partial charge < -0.3 is 19.1 Å². The molecule has 8 nitrogen and oxygen atoms in total. The van der Waals surface area contributed by atoms with Gasteiger partial charge in [-0.3, -0.25) is 10.1 Å². The van der Waals surface area contributed by atoms with Crippen molar-refractivity contribution in [2.24, 2.45) is 5.92 Å². The fourth-order valence-corrected chi connectivity index (χ4v) is 2.71. The summed E-state index contributed by atoms with van der Waals surface area (Å²) in [6, 6.07) is 4.28. The van der Waals surface area contributed by atoms with Crippen LogP contribution in [0.3, 0.4) is 0 Å². The Bertz CT molecular complexity index is 648. The highest BCUT2D eigenvalue weighted by molar-refractivity contribution is 5.68. The maximum absolute atomic E-state index is 12.1. The van der Waals surface area contributed by atoms with Crippen LogP contribution in [0, 0.1) is 16.0 Å². The van der Waals surface area contributed by atoms with Gasteiger partial charge in [0.25, 0.3) is 5.69 Å². The number of piperidine rings is 1. The van der Waals surface area contributed by atoms with Crippen LogP contribution in [0.4, 0.5) is 10.5 Å². The number of nitro benzene ring substituents is 1. The first-order chi connectivity index (χ1) is 12.2. The minimum atomic E-state index is -0.504. The number of nitro groups is 1. The van der Waals surface area contributed by atoms with Crippen molar-refractivity contribution in [3.8, 4) is 11.5 Å². The van der Waals surface area contributed by atoms with Gasteiger partial charge in [-0.2, -0.15) is 0 Å². The van der Waals surface area contributed by atoms with E-state index in [2.05, 4.69) is 0 Å². The van der Waals surface area contributed by atoms with Crippen LogP contribution in [0.2, 0.25) is 0 Å². The fraction of sp³-hybridized carbons (Fsp3) is 0.611. The van der Waals surface area contributed by atoms with Gasteiger partial charge in [-0.05, 0) is 45.6 Å². The van der Waals surface area contributed by atoms with Crippen molar-refractivity contribution in [2.45, 2.75) is 39.2 Å². The Kier molecular flexibility index (Phi) is 6.28. The topological polar surface area (TPSA) is 91.1 Å². The number of rotatable bonds is 5. The molecular weight excluding hydrogens is 340 g/mol. The second-order valence-corrected chi connectivity index (χ2v) is 7.31. The second-order valence-electron chi connectivity index (χ2n) is 7.31. The summed E-state index contributed by atoms with van der Waals surface area (Å²) in [7, 11) is 1.49. The summed E-state index contributed by atoms with van der Waals surface area (Å²) in [6.07, 6.45) is 1.28. The number of likely N-dealkylation sites (tertiary alicyclic amines) is 1. The van der Waals surface area contributed by atoms with Gasteiger partial charge in [0, 0.05) is 19.2 Å². The van der Waals surface area contributed by atoms with E-state index in [-0.39, 0.29) is 17.7 Å². The molecule has 0 saturated carbocycles. The number of amides is 1. The van der Waals surface area contributed by atoms with Crippen LogP contribution in [0.15, 0.2) is 18.2 Å². The fourth-order valence-electron chi connectivity index (χ4n) is 2.71. The smallest absolute Gasteiger partial charge is 0.410 e. The Morgan fingerprint density at radius 2 is 1.92 bits per heavy atom. The van der Waals surface area contributed by atoms with Gasteiger partial charge in [0.15, 0.2) is 11.5 Å². The molecule has 1 aromatic rings. The molecule has 0 spiro atoms. The molecule has 1 heterocycles. The number of carbonyl (C=O) groups is 1. The molecule has 1 aromatic carbocycles. The van der Waals surface area contributed by atoms with Crippen LogP contribution in [0.1, 0.15) is 33.6 Å². The molecule has 0 N–H and O–H groups in total. The predicted molar refractivity (Wildman–Crippen MR) is 95.7 cm³/mol. The molecule has 0 unspecified atom stereocenters. The molecular formula is C18H26N2O6. The summed E-state index contributed by atoms with van der Waals surface area (Å²) in [6.45, 7) is 7.16. The van der Waals surface area contributed by atoms with E-state index in [4.69, 9.17) is 14.2 Å². The molecule has 8 heteroatoms. The molecule has 0 aliphatic carbocycles. The Labute approximate surface area is 153 Å². The number of hydrogen-bond acceptors (Lipinski definition) is 6. The van der Waals surface area contributed by atoms with E-state index in [1.807, 2.05) is 20.8 Å². The van der Waals surface area contributed by atoms with Crippen LogP contribution in [0.25, 0.3) is 0 Å². The van der Waals surface area contributed by atoms with Gasteiger partial charge in [0.05, 0.1) is 24.7 Å². The average molecular weight is 366 g/mol. The van der Waals surface area contributed by atoms with Crippen molar-refractivity contribution in [1.82, 2.24) is 4.90 Å². The van der Waals surface area contributed by atoms with Crippen LogP contribution in [-0.4, -0.2) is 48.3 Å². The quantitative estimate of drug-likeness (QED) is 0.584. The number of methoxy groups -OCH3 is 1. The van der Waals surface area contributed by atoms with Gasteiger partial charge in [0.2, 0.25) is 0 Å². The first kappa shape index (κ1) is 19.8. The van der Waals surface area contributed by atoms with Crippen molar-refractivity contribution in [3.05, 3.63) is 28.3 Å². The van der Waals surface area contributed by atoms with Gasteiger partial charge in [-0.1, -0.05) is 0 Å². The summed E-state index contributed by atoms with van der Waals surface area (Å²) in [5.74, 6) is 1.08. The lowest BCUT2D eigenvalue weighted by Gasteiger charge is -2.33. The number of nitrogens with zero attached hydrogens (tertiary/aromatic N) is 2. The standard InChI is InChI=1S/C18H26N2O6/c1-18(2,3)26-17(21)19-9-7-13(8-10-19)12-25-16-11-14(20(22)23)5-6-15(16)24-4/h5-6,11,13H,7-10,12H2,1-4H3. The molecule has 0 aromatic heterocycles. The summed E-state index contributed by atoms with van der Waals surface area (Å²) >= 11 is 0. The number of carbonyl (C=O) groups excluding carboxylic acids is 1. The van der Waals surface area contributed by atoms with Crippen LogP contribution < -0.4 is 9.47 Å². The molecule has 1 saturated heterocycles. The zero-order chi connectivity index (χ0) is 19.3. The maximum Gasteiger partial charge on any atom is 0.410 e. The lowest BCUT2D eigenvalue weighted by atomic mass is 9.98. The van der Waals surface area contributed by atoms with Crippen molar-refractivity contribution in [3.63, 3.8) is 0 Å². The lowest BCUT2D eigenvalue weighted by molar-refractivity contribution is -0.385. The molecule has 0 bridgehead atoms. The van der Waals surface area contributed by atoms with E-state index in [1.54, 1.807) is 4.90 Å². The second kappa shape index (κ2) is 8.25. The van der Waals surface area contributed by atoms with Crippen LogP contribution >= 0.6 is 0 Å². The van der Waals surface area contributed by atoms with Gasteiger partial charge in [0.1, 0.15) is 5.60 Å². The lowest BCUT2D eigenvalue weighted by Crippen LogP contribution is -2.42. The Morgan fingerprint density at radius 1 is 1.27 bits per heavy atom. The summed E-state index contributed by atoms with van der Waals surface area (Å²) < 4.78 is 16.4. The van der Waals surface area contributed by atoms with Gasteiger partial charge >= 0.3 is 6.09 Å². The third-order valence-electron chi connectivity index (χ3n) is 4.10. The van der Waals surface area contributed by atoms with Crippen LogP contribution in [0.5, 0.6) is 11.5 Å². The van der Waals surface area contributed by atoms with E-state index in [9.17, 15) is 14.9 Å². The summed E-state index contributed by atoms with van der Waals surface area (Å²) in [5.41, 5.74) is -0.546. The number of benzene rings is 1.